The zero-order chi connectivity index (χ0) is 22.6. The Morgan fingerprint density at radius 2 is 1.58 bits per heavy atom. The van der Waals surface area contributed by atoms with Crippen molar-refractivity contribution >= 4 is 29.4 Å². The van der Waals surface area contributed by atoms with Crippen molar-refractivity contribution in [3.63, 3.8) is 0 Å². The highest BCUT2D eigenvalue weighted by atomic mass is 16.6. The van der Waals surface area contributed by atoms with Gasteiger partial charge in [0.1, 0.15) is 11.4 Å². The van der Waals surface area contributed by atoms with Gasteiger partial charge in [0.25, 0.3) is 5.91 Å². The first kappa shape index (κ1) is 22.1. The Morgan fingerprint density at radius 3 is 2.10 bits per heavy atom. The molecule has 1 aliphatic rings. The zero-order valence-corrected chi connectivity index (χ0v) is 17.9. The number of primary amides is 1. The molecule has 31 heavy (non-hydrogen) atoms. The molecule has 0 radical (unpaired) electrons. The zero-order valence-electron chi connectivity index (χ0n) is 17.9. The summed E-state index contributed by atoms with van der Waals surface area (Å²) in [6.07, 6.45) is 1.39. The lowest BCUT2D eigenvalue weighted by Gasteiger charge is -2.36. The molecule has 9 heteroatoms. The number of rotatable bonds is 4. The highest BCUT2D eigenvalue weighted by Crippen LogP contribution is 2.19. The molecule has 1 saturated heterocycles. The van der Waals surface area contributed by atoms with Crippen LogP contribution in [0.15, 0.2) is 42.6 Å². The molecule has 1 aliphatic heterocycles. The van der Waals surface area contributed by atoms with Gasteiger partial charge in [0.05, 0.1) is 11.9 Å². The third-order valence-corrected chi connectivity index (χ3v) is 4.72. The van der Waals surface area contributed by atoms with Gasteiger partial charge in [-0.05, 0) is 57.2 Å². The van der Waals surface area contributed by atoms with E-state index in [2.05, 4.69) is 15.2 Å². The predicted molar refractivity (Wildman–Crippen MR) is 117 cm³/mol. The number of hydrogen-bond acceptors (Lipinski definition) is 6. The molecule has 1 aromatic carbocycles. The molecule has 3 N–H and O–H groups in total. The first-order chi connectivity index (χ1) is 14.6. The molecular formula is C22H27N5O4. The first-order valence-corrected chi connectivity index (χ1v) is 10.0. The second kappa shape index (κ2) is 9.03. The number of benzene rings is 1. The number of carbonyl (C=O) groups is 3. The van der Waals surface area contributed by atoms with Gasteiger partial charge in [-0.1, -0.05) is 0 Å². The highest BCUT2D eigenvalue weighted by Gasteiger charge is 2.26. The molecule has 0 unspecified atom stereocenters. The van der Waals surface area contributed by atoms with E-state index in [0.717, 1.165) is 5.69 Å². The number of hydrogen-bond donors (Lipinski definition) is 2. The van der Waals surface area contributed by atoms with E-state index in [0.29, 0.717) is 43.1 Å². The van der Waals surface area contributed by atoms with Crippen LogP contribution in [0, 0.1) is 0 Å². The van der Waals surface area contributed by atoms with Gasteiger partial charge in [0, 0.05) is 37.3 Å². The lowest BCUT2D eigenvalue weighted by Crippen LogP contribution is -2.50. The number of nitrogens with one attached hydrogen (secondary N) is 1. The number of nitrogens with zero attached hydrogens (tertiary/aromatic N) is 3. The van der Waals surface area contributed by atoms with Crippen LogP contribution in [0.5, 0.6) is 0 Å². The van der Waals surface area contributed by atoms with Crippen LogP contribution in [-0.2, 0) is 4.74 Å². The molecule has 0 atom stereocenters. The largest absolute Gasteiger partial charge is 0.444 e. The topological polar surface area (TPSA) is 118 Å². The Balaban J connectivity index is 1.54. The van der Waals surface area contributed by atoms with Gasteiger partial charge < -0.3 is 25.6 Å². The van der Waals surface area contributed by atoms with Gasteiger partial charge in [0.2, 0.25) is 5.91 Å². The second-order valence-electron chi connectivity index (χ2n) is 8.25. The van der Waals surface area contributed by atoms with Crippen molar-refractivity contribution in [2.24, 2.45) is 5.73 Å². The molecule has 1 fully saturated rings. The molecule has 1 aromatic heterocycles. The molecule has 9 nitrogen and oxygen atoms in total. The van der Waals surface area contributed by atoms with E-state index in [1.807, 2.05) is 26.8 Å². The monoisotopic (exact) mass is 425 g/mol. The van der Waals surface area contributed by atoms with Crippen LogP contribution < -0.4 is 16.0 Å². The summed E-state index contributed by atoms with van der Waals surface area (Å²) < 4.78 is 5.42. The quantitative estimate of drug-likeness (QED) is 0.777. The average molecular weight is 425 g/mol. The van der Waals surface area contributed by atoms with Gasteiger partial charge in [-0.2, -0.15) is 0 Å². The molecule has 0 spiro atoms. The molecule has 164 valence electrons. The molecule has 0 bridgehead atoms. The predicted octanol–water partition coefficient (Wildman–Crippen LogP) is 2.49. The summed E-state index contributed by atoms with van der Waals surface area (Å²) in [5.41, 5.74) is 6.34. The van der Waals surface area contributed by atoms with E-state index in [1.54, 1.807) is 17.2 Å². The van der Waals surface area contributed by atoms with E-state index in [4.69, 9.17) is 10.5 Å². The van der Waals surface area contributed by atoms with E-state index in [9.17, 15) is 14.4 Å². The Hall–Kier alpha value is -3.62. The summed E-state index contributed by atoms with van der Waals surface area (Å²) in [5.74, 6) is -0.460. The number of pyridine rings is 1. The second-order valence-corrected chi connectivity index (χ2v) is 8.25. The smallest absolute Gasteiger partial charge is 0.410 e. The van der Waals surface area contributed by atoms with Crippen molar-refractivity contribution in [2.75, 3.05) is 36.4 Å². The standard InChI is InChI=1S/C22H27N5O4/c1-22(2,3)31-21(30)27-12-10-26(11-13-27)17-8-9-18(24-14-17)25-20(29)16-6-4-15(5-7-16)19(23)28/h4-9,14H,10-13H2,1-3H3,(H2,23,28)(H,24,25,29). The van der Waals surface area contributed by atoms with Gasteiger partial charge in [-0.15, -0.1) is 0 Å². The summed E-state index contributed by atoms with van der Waals surface area (Å²) in [4.78, 5) is 43.8. The number of piperazine rings is 1. The molecule has 0 saturated carbocycles. The van der Waals surface area contributed by atoms with Crippen LogP contribution in [0.3, 0.4) is 0 Å². The minimum atomic E-state index is -0.545. The lowest BCUT2D eigenvalue weighted by molar-refractivity contribution is 0.0240. The van der Waals surface area contributed by atoms with Gasteiger partial charge in [-0.3, -0.25) is 9.59 Å². The van der Waals surface area contributed by atoms with Gasteiger partial charge in [0.15, 0.2) is 0 Å². The molecule has 2 aromatic rings. The van der Waals surface area contributed by atoms with Crippen LogP contribution in [0.4, 0.5) is 16.3 Å². The summed E-state index contributed by atoms with van der Waals surface area (Å²) in [6.45, 7) is 8.01. The number of aromatic nitrogens is 1. The molecule has 2 heterocycles. The third kappa shape index (κ3) is 5.94. The van der Waals surface area contributed by atoms with Crippen molar-refractivity contribution in [2.45, 2.75) is 26.4 Å². The fourth-order valence-corrected chi connectivity index (χ4v) is 3.10. The Labute approximate surface area is 181 Å². The van der Waals surface area contributed by atoms with Gasteiger partial charge in [-0.25, -0.2) is 9.78 Å². The van der Waals surface area contributed by atoms with Crippen LogP contribution in [0.2, 0.25) is 0 Å². The summed E-state index contributed by atoms with van der Waals surface area (Å²) in [6, 6.07) is 9.68. The lowest BCUT2D eigenvalue weighted by atomic mass is 10.1. The molecular weight excluding hydrogens is 398 g/mol. The summed E-state index contributed by atoms with van der Waals surface area (Å²) in [7, 11) is 0. The van der Waals surface area contributed by atoms with Crippen LogP contribution in [-0.4, -0.2) is 59.6 Å². The molecule has 3 rings (SSSR count). The number of amides is 3. The normalized spacial score (nSPS) is 14.2. The first-order valence-electron chi connectivity index (χ1n) is 10.0. The Bertz CT molecular complexity index is 943. The van der Waals surface area contributed by atoms with Crippen LogP contribution in [0.25, 0.3) is 0 Å². The van der Waals surface area contributed by atoms with E-state index in [-0.39, 0.29) is 12.0 Å². The van der Waals surface area contributed by atoms with Crippen molar-refractivity contribution in [1.82, 2.24) is 9.88 Å². The van der Waals surface area contributed by atoms with Crippen LogP contribution in [0.1, 0.15) is 41.5 Å². The number of ether oxygens (including phenoxy) is 1. The number of nitrogens with two attached hydrogens (primary N) is 1. The van der Waals surface area contributed by atoms with Crippen molar-refractivity contribution < 1.29 is 19.1 Å². The molecule has 0 aliphatic carbocycles. The number of anilines is 2. The van der Waals surface area contributed by atoms with Crippen molar-refractivity contribution in [1.29, 1.82) is 0 Å². The highest BCUT2D eigenvalue weighted by molar-refractivity contribution is 6.04. The maximum atomic E-state index is 12.4. The minimum absolute atomic E-state index is 0.299. The fourth-order valence-electron chi connectivity index (χ4n) is 3.10. The molecule has 3 amide bonds. The van der Waals surface area contributed by atoms with E-state index >= 15 is 0 Å². The summed E-state index contributed by atoms with van der Waals surface area (Å²) >= 11 is 0. The fraction of sp³-hybridized carbons (Fsp3) is 0.364. The van der Waals surface area contributed by atoms with E-state index < -0.39 is 11.5 Å². The maximum absolute atomic E-state index is 12.4. The van der Waals surface area contributed by atoms with E-state index in [1.165, 1.54) is 24.3 Å². The average Bonchev–Trinajstić information content (AvgIpc) is 2.73. The third-order valence-electron chi connectivity index (χ3n) is 4.72. The van der Waals surface area contributed by atoms with Crippen molar-refractivity contribution in [3.8, 4) is 0 Å². The minimum Gasteiger partial charge on any atom is -0.444 e. The Kier molecular flexibility index (Phi) is 6.43. The van der Waals surface area contributed by atoms with Crippen molar-refractivity contribution in [3.05, 3.63) is 53.7 Å². The SMILES string of the molecule is CC(C)(C)OC(=O)N1CCN(c2ccc(NC(=O)c3ccc(C(N)=O)cc3)nc2)CC1. The van der Waals surface area contributed by atoms with Crippen LogP contribution >= 0.6 is 0 Å². The summed E-state index contributed by atoms with van der Waals surface area (Å²) in [5, 5.41) is 2.73. The maximum Gasteiger partial charge on any atom is 0.410 e. The Morgan fingerprint density at radius 1 is 0.968 bits per heavy atom. The number of carbonyl (C=O) groups excluding carboxylic acids is 3. The van der Waals surface area contributed by atoms with Gasteiger partial charge >= 0.3 is 6.09 Å².